The van der Waals surface area contributed by atoms with Gasteiger partial charge in [0.1, 0.15) is 0 Å². The van der Waals surface area contributed by atoms with Crippen LogP contribution in [0.3, 0.4) is 0 Å². The molecule has 0 amide bonds. The lowest BCUT2D eigenvalue weighted by Crippen LogP contribution is -2.10. The Morgan fingerprint density at radius 3 is 2.77 bits per heavy atom. The summed E-state index contributed by atoms with van der Waals surface area (Å²) in [5.41, 5.74) is 3.68. The van der Waals surface area contributed by atoms with Gasteiger partial charge < -0.3 is 14.7 Å². The number of rotatable bonds is 4. The number of hydrogen-bond acceptors (Lipinski definition) is 4. The number of hydroxylamine groups is 1. The van der Waals surface area contributed by atoms with Crippen molar-refractivity contribution in [3.05, 3.63) is 23.8 Å². The van der Waals surface area contributed by atoms with Crippen molar-refractivity contribution in [1.82, 2.24) is 5.48 Å². The van der Waals surface area contributed by atoms with Crippen molar-refractivity contribution < 1.29 is 14.7 Å². The Kier molecular flexibility index (Phi) is 3.54. The maximum absolute atomic E-state index is 9.28. The number of methoxy groups -OCH3 is 1. The third-order valence-electron chi connectivity index (χ3n) is 1.66. The van der Waals surface area contributed by atoms with Gasteiger partial charge in [-0.25, -0.2) is 0 Å². The lowest BCUT2D eigenvalue weighted by atomic mass is 10.2. The van der Waals surface area contributed by atoms with Crippen LogP contribution in [0.4, 0.5) is 0 Å². The first-order valence-electron chi connectivity index (χ1n) is 3.89. The van der Waals surface area contributed by atoms with E-state index in [-0.39, 0.29) is 5.75 Å². The molecule has 1 rings (SSSR count). The van der Waals surface area contributed by atoms with Crippen molar-refractivity contribution in [2.75, 3.05) is 14.2 Å². The topological polar surface area (TPSA) is 50.7 Å². The summed E-state index contributed by atoms with van der Waals surface area (Å²) in [6.07, 6.45) is 0. The Bertz CT molecular complexity index is 276. The molecule has 0 aliphatic rings. The maximum atomic E-state index is 9.28. The van der Waals surface area contributed by atoms with E-state index in [1.807, 2.05) is 0 Å². The first-order valence-corrected chi connectivity index (χ1v) is 3.89. The SMILES string of the molecule is CONCc1ccc(O)c(OC)c1. The van der Waals surface area contributed by atoms with E-state index < -0.39 is 0 Å². The van der Waals surface area contributed by atoms with Gasteiger partial charge in [0.15, 0.2) is 11.5 Å². The van der Waals surface area contributed by atoms with E-state index in [2.05, 4.69) is 5.48 Å². The molecule has 0 spiro atoms. The van der Waals surface area contributed by atoms with Gasteiger partial charge in [-0.15, -0.1) is 0 Å². The molecular formula is C9H13NO3. The summed E-state index contributed by atoms with van der Waals surface area (Å²) in [4.78, 5) is 4.70. The van der Waals surface area contributed by atoms with Crippen molar-refractivity contribution in [3.8, 4) is 11.5 Å². The number of nitrogens with one attached hydrogen (secondary N) is 1. The molecule has 72 valence electrons. The van der Waals surface area contributed by atoms with Crippen molar-refractivity contribution in [2.45, 2.75) is 6.54 Å². The van der Waals surface area contributed by atoms with Gasteiger partial charge in [0.2, 0.25) is 0 Å². The highest BCUT2D eigenvalue weighted by Crippen LogP contribution is 2.25. The van der Waals surface area contributed by atoms with Gasteiger partial charge in [0.05, 0.1) is 14.2 Å². The molecule has 0 radical (unpaired) electrons. The van der Waals surface area contributed by atoms with Gasteiger partial charge in [-0.05, 0) is 17.7 Å². The van der Waals surface area contributed by atoms with Gasteiger partial charge in [0.25, 0.3) is 0 Å². The summed E-state index contributed by atoms with van der Waals surface area (Å²) >= 11 is 0. The summed E-state index contributed by atoms with van der Waals surface area (Å²) in [5.74, 6) is 0.610. The number of aromatic hydroxyl groups is 1. The van der Waals surface area contributed by atoms with E-state index in [9.17, 15) is 5.11 Å². The molecule has 13 heavy (non-hydrogen) atoms. The molecule has 0 atom stereocenters. The minimum atomic E-state index is 0.142. The van der Waals surface area contributed by atoms with E-state index in [0.29, 0.717) is 12.3 Å². The van der Waals surface area contributed by atoms with E-state index in [1.165, 1.54) is 7.11 Å². The second-order valence-corrected chi connectivity index (χ2v) is 2.53. The number of hydrogen-bond donors (Lipinski definition) is 2. The molecule has 0 fully saturated rings. The van der Waals surface area contributed by atoms with E-state index in [0.717, 1.165) is 5.56 Å². The number of ether oxygens (including phenoxy) is 1. The number of phenols is 1. The largest absolute Gasteiger partial charge is 0.504 e. The van der Waals surface area contributed by atoms with Crippen LogP contribution in [0.15, 0.2) is 18.2 Å². The third kappa shape index (κ3) is 2.61. The molecule has 0 unspecified atom stereocenters. The summed E-state index contributed by atoms with van der Waals surface area (Å²) in [5, 5.41) is 9.28. The molecule has 1 aromatic rings. The second-order valence-electron chi connectivity index (χ2n) is 2.53. The average molecular weight is 183 g/mol. The fraction of sp³-hybridized carbons (Fsp3) is 0.333. The Balaban J connectivity index is 2.74. The van der Waals surface area contributed by atoms with E-state index in [4.69, 9.17) is 9.57 Å². The zero-order valence-electron chi connectivity index (χ0n) is 7.70. The molecule has 0 aliphatic carbocycles. The molecule has 0 heterocycles. The predicted molar refractivity (Wildman–Crippen MR) is 48.5 cm³/mol. The lowest BCUT2D eigenvalue weighted by molar-refractivity contribution is 0.0866. The molecule has 0 aromatic heterocycles. The average Bonchev–Trinajstić information content (AvgIpc) is 2.16. The molecule has 0 aliphatic heterocycles. The summed E-state index contributed by atoms with van der Waals surface area (Å²) in [6, 6.07) is 5.14. The number of phenolic OH excluding ortho intramolecular Hbond substituents is 1. The fourth-order valence-electron chi connectivity index (χ4n) is 0.987. The minimum absolute atomic E-state index is 0.142. The van der Waals surface area contributed by atoms with Crippen LogP contribution in [0.25, 0.3) is 0 Å². The van der Waals surface area contributed by atoms with E-state index in [1.54, 1.807) is 25.3 Å². The zero-order chi connectivity index (χ0) is 9.68. The third-order valence-corrected chi connectivity index (χ3v) is 1.66. The van der Waals surface area contributed by atoms with Crippen LogP contribution in [0.1, 0.15) is 5.56 Å². The van der Waals surface area contributed by atoms with Gasteiger partial charge >= 0.3 is 0 Å². The van der Waals surface area contributed by atoms with Gasteiger partial charge in [-0.1, -0.05) is 6.07 Å². The minimum Gasteiger partial charge on any atom is -0.504 e. The monoisotopic (exact) mass is 183 g/mol. The van der Waals surface area contributed by atoms with Crippen LogP contribution >= 0.6 is 0 Å². The quantitative estimate of drug-likeness (QED) is 0.685. The highest BCUT2D eigenvalue weighted by molar-refractivity contribution is 5.41. The molecule has 4 nitrogen and oxygen atoms in total. The van der Waals surface area contributed by atoms with Gasteiger partial charge in [-0.2, -0.15) is 5.48 Å². The second kappa shape index (κ2) is 4.69. The van der Waals surface area contributed by atoms with Crippen LogP contribution in [-0.2, 0) is 11.4 Å². The van der Waals surface area contributed by atoms with Crippen LogP contribution in [-0.4, -0.2) is 19.3 Å². The Labute approximate surface area is 77.1 Å². The van der Waals surface area contributed by atoms with Crippen molar-refractivity contribution >= 4 is 0 Å². The first-order chi connectivity index (χ1) is 6.27. The first kappa shape index (κ1) is 9.83. The van der Waals surface area contributed by atoms with Crippen molar-refractivity contribution in [1.29, 1.82) is 0 Å². The lowest BCUT2D eigenvalue weighted by Gasteiger charge is -2.06. The fourth-order valence-corrected chi connectivity index (χ4v) is 0.987. The molecular weight excluding hydrogens is 170 g/mol. The van der Waals surface area contributed by atoms with Gasteiger partial charge in [0, 0.05) is 6.54 Å². The molecule has 2 N–H and O–H groups in total. The standard InChI is InChI=1S/C9H13NO3/c1-12-9-5-7(6-10-13-2)3-4-8(9)11/h3-5,10-11H,6H2,1-2H3. The summed E-state index contributed by atoms with van der Waals surface area (Å²) < 4.78 is 4.95. The summed E-state index contributed by atoms with van der Waals surface area (Å²) in [6.45, 7) is 0.577. The Morgan fingerprint density at radius 1 is 1.38 bits per heavy atom. The van der Waals surface area contributed by atoms with Crippen LogP contribution in [0.2, 0.25) is 0 Å². The maximum Gasteiger partial charge on any atom is 0.160 e. The molecule has 0 saturated carbocycles. The van der Waals surface area contributed by atoms with Crippen LogP contribution in [0.5, 0.6) is 11.5 Å². The summed E-state index contributed by atoms with van der Waals surface area (Å²) in [7, 11) is 3.07. The highest BCUT2D eigenvalue weighted by Gasteiger charge is 2.01. The molecule has 0 saturated heterocycles. The van der Waals surface area contributed by atoms with Crippen molar-refractivity contribution in [3.63, 3.8) is 0 Å². The van der Waals surface area contributed by atoms with Crippen LogP contribution in [0, 0.1) is 0 Å². The smallest absolute Gasteiger partial charge is 0.160 e. The van der Waals surface area contributed by atoms with Gasteiger partial charge in [-0.3, -0.25) is 0 Å². The highest BCUT2D eigenvalue weighted by atomic mass is 16.6. The normalized spacial score (nSPS) is 10.0. The molecule has 4 heteroatoms. The van der Waals surface area contributed by atoms with Crippen LogP contribution < -0.4 is 10.2 Å². The molecule has 1 aromatic carbocycles. The zero-order valence-corrected chi connectivity index (χ0v) is 7.70. The van der Waals surface area contributed by atoms with Crippen molar-refractivity contribution in [2.24, 2.45) is 0 Å². The van der Waals surface area contributed by atoms with E-state index >= 15 is 0 Å². The Hall–Kier alpha value is -1.26. The molecule has 0 bridgehead atoms. The predicted octanol–water partition coefficient (Wildman–Crippen LogP) is 1.05. The Morgan fingerprint density at radius 2 is 2.15 bits per heavy atom. The number of benzene rings is 1.